The lowest BCUT2D eigenvalue weighted by molar-refractivity contribution is 0.0701. The van der Waals surface area contributed by atoms with E-state index >= 15 is 0 Å². The van der Waals surface area contributed by atoms with E-state index in [0.29, 0.717) is 53.3 Å². The number of ether oxygens (including phenoxy) is 3. The number of hydrogen-bond donors (Lipinski definition) is 0. The first-order valence-electron chi connectivity index (χ1n) is 18.0. The Labute approximate surface area is 311 Å². The van der Waals surface area contributed by atoms with E-state index in [1.165, 1.54) is 0 Å². The average molecular weight is 736 g/mol. The molecule has 2 atom stereocenters. The van der Waals surface area contributed by atoms with Crippen LogP contribution in [0.1, 0.15) is 89.6 Å². The van der Waals surface area contributed by atoms with Gasteiger partial charge in [0, 0.05) is 36.9 Å². The lowest BCUT2D eigenvalue weighted by atomic mass is 10.0. The third kappa shape index (κ3) is 7.45. The number of carbonyl (C=O) groups excluding carboxylic acids is 2. The molecule has 54 heavy (non-hydrogen) atoms. The fraction of sp³-hybridized carbons (Fsp3) is 0.325. The van der Waals surface area contributed by atoms with E-state index in [1.807, 2.05) is 74.2 Å². The second-order valence-corrected chi connectivity index (χ2v) is 12.7. The van der Waals surface area contributed by atoms with Crippen molar-refractivity contribution in [2.24, 2.45) is 0 Å². The average Bonchev–Trinajstić information content (AvgIpc) is 4.07. The van der Waals surface area contributed by atoms with Crippen molar-refractivity contribution in [2.45, 2.75) is 58.5 Å². The number of nitrogens with zero attached hydrogens (tertiary/aromatic N) is 5. The second-order valence-electron chi connectivity index (χ2n) is 12.7. The molecule has 2 unspecified atom stereocenters. The van der Waals surface area contributed by atoms with Crippen LogP contribution in [-0.4, -0.2) is 64.1 Å². The van der Waals surface area contributed by atoms with Crippen molar-refractivity contribution in [2.75, 3.05) is 27.0 Å². The van der Waals surface area contributed by atoms with Gasteiger partial charge in [-0.25, -0.2) is 0 Å². The van der Waals surface area contributed by atoms with Crippen molar-refractivity contribution in [3.63, 3.8) is 0 Å². The molecule has 2 fully saturated rings. The van der Waals surface area contributed by atoms with Crippen LogP contribution in [0.5, 0.6) is 17.2 Å². The van der Waals surface area contributed by atoms with E-state index in [9.17, 15) is 9.59 Å². The van der Waals surface area contributed by atoms with Gasteiger partial charge in [0.25, 0.3) is 11.8 Å². The zero-order valence-electron chi connectivity index (χ0n) is 30.5. The largest absolute Gasteiger partial charge is 0.497 e. The van der Waals surface area contributed by atoms with Crippen LogP contribution in [0.4, 0.5) is 0 Å². The lowest BCUT2D eigenvalue weighted by Crippen LogP contribution is -2.30. The van der Waals surface area contributed by atoms with Gasteiger partial charge in [-0.2, -0.15) is 0 Å². The number of methoxy groups -OCH3 is 1. The fourth-order valence-corrected chi connectivity index (χ4v) is 6.80. The highest BCUT2D eigenvalue weighted by molar-refractivity contribution is 5.94. The van der Waals surface area contributed by atoms with Gasteiger partial charge in [0.2, 0.25) is 12.6 Å². The summed E-state index contributed by atoms with van der Waals surface area (Å²) in [5, 5.41) is 11.8. The number of hydrogen-bond acceptors (Lipinski definition) is 12. The summed E-state index contributed by atoms with van der Waals surface area (Å²) in [6.45, 7) is 7.43. The number of carbonyl (C=O) groups is 2. The summed E-state index contributed by atoms with van der Waals surface area (Å²) < 4.78 is 37.2. The Bertz CT molecular complexity index is 2170. The maximum Gasteiger partial charge on any atom is 0.276 e. The minimum atomic E-state index is -0.178. The standard InChI is InChI=1S/C22H20N2O5.C16H15N3O4.C2H6/c1-26-16-7-4-14(5-8-16)18-3-2-10-24(18)22(25)17-12-20(29-23-17)15-6-9-19-21(11-15)28-13-27-19;1-10-8-14(22-17-10)12-4-2-6-19(12)16(20)11-9-15(23-18-11)13-5-3-7-21-13;1-2/h4-9,11-12,18H,2-3,10,13H2,1H3;3,5,7-9,12H,2,4,6H2,1H3;1-2H3. The molecule has 3 aliphatic rings. The molecule has 3 aliphatic heterocycles. The molecule has 9 rings (SSSR count). The molecule has 280 valence electrons. The molecule has 2 aromatic carbocycles. The van der Waals surface area contributed by atoms with Crippen LogP contribution < -0.4 is 14.2 Å². The molecule has 14 heteroatoms. The summed E-state index contributed by atoms with van der Waals surface area (Å²) in [6.07, 6.45) is 5.19. The third-order valence-electron chi connectivity index (χ3n) is 9.38. The van der Waals surface area contributed by atoms with Crippen LogP contribution in [-0.2, 0) is 0 Å². The first kappa shape index (κ1) is 36.1. The Balaban J connectivity index is 0.000000163. The Morgan fingerprint density at radius 1 is 0.722 bits per heavy atom. The fourth-order valence-electron chi connectivity index (χ4n) is 6.80. The molecule has 0 radical (unpaired) electrons. The maximum absolute atomic E-state index is 13.1. The molecular formula is C40H41N5O9. The number of aryl methyl sites for hydroxylation is 1. The number of aromatic nitrogens is 3. The lowest BCUT2D eigenvalue weighted by Gasteiger charge is -2.24. The zero-order chi connectivity index (χ0) is 37.6. The van der Waals surface area contributed by atoms with Crippen LogP contribution in [0.25, 0.3) is 22.8 Å². The Morgan fingerprint density at radius 3 is 2.06 bits per heavy atom. The second kappa shape index (κ2) is 16.1. The number of fused-ring (bicyclic) bond motifs is 1. The van der Waals surface area contributed by atoms with Gasteiger partial charge < -0.3 is 42.0 Å². The van der Waals surface area contributed by atoms with E-state index in [4.69, 9.17) is 32.2 Å². The summed E-state index contributed by atoms with van der Waals surface area (Å²) >= 11 is 0. The SMILES string of the molecule is CC.COc1ccc(C2CCCN2C(=O)c2cc(-c3ccc4c(c3)OCO4)on2)cc1.Cc1cc(C2CCCN2C(=O)c2cc(-c3ccco3)on2)on1. The topological polar surface area (TPSA) is 160 Å². The number of rotatable bonds is 7. The molecule has 0 aliphatic carbocycles. The van der Waals surface area contributed by atoms with Crippen molar-refractivity contribution in [1.29, 1.82) is 0 Å². The van der Waals surface area contributed by atoms with Crippen LogP contribution in [0.3, 0.4) is 0 Å². The Morgan fingerprint density at radius 2 is 1.39 bits per heavy atom. The quantitative estimate of drug-likeness (QED) is 0.155. The predicted octanol–water partition coefficient (Wildman–Crippen LogP) is 8.29. The van der Waals surface area contributed by atoms with Gasteiger partial charge >= 0.3 is 0 Å². The Kier molecular flexibility index (Phi) is 10.8. The molecule has 7 heterocycles. The normalized spacial score (nSPS) is 17.1. The molecule has 2 saturated heterocycles. The van der Waals surface area contributed by atoms with Gasteiger partial charge in [0.05, 0.1) is 31.2 Å². The smallest absolute Gasteiger partial charge is 0.276 e. The summed E-state index contributed by atoms with van der Waals surface area (Å²) in [5.74, 6) is 4.06. The van der Waals surface area contributed by atoms with Gasteiger partial charge in [-0.3, -0.25) is 9.59 Å². The van der Waals surface area contributed by atoms with Crippen LogP contribution in [0.15, 0.2) is 97.0 Å². The van der Waals surface area contributed by atoms with E-state index in [0.717, 1.165) is 48.3 Å². The van der Waals surface area contributed by atoms with Gasteiger partial charge in [-0.1, -0.05) is 41.5 Å². The first-order chi connectivity index (χ1) is 26.4. The predicted molar refractivity (Wildman–Crippen MR) is 194 cm³/mol. The minimum Gasteiger partial charge on any atom is -0.497 e. The monoisotopic (exact) mass is 735 g/mol. The number of furan rings is 1. The number of likely N-dealkylation sites (tertiary alicyclic amines) is 2. The highest BCUT2D eigenvalue weighted by Crippen LogP contribution is 2.38. The molecule has 2 amide bonds. The summed E-state index contributed by atoms with van der Waals surface area (Å²) in [4.78, 5) is 29.5. The molecule has 6 aromatic rings. The molecule has 4 aromatic heterocycles. The van der Waals surface area contributed by atoms with E-state index in [-0.39, 0.29) is 36.4 Å². The minimum absolute atomic E-state index is 0.0269. The number of amides is 2. The van der Waals surface area contributed by atoms with E-state index < -0.39 is 0 Å². The van der Waals surface area contributed by atoms with Gasteiger partial charge in [0.15, 0.2) is 40.2 Å². The zero-order valence-corrected chi connectivity index (χ0v) is 30.5. The molecule has 14 nitrogen and oxygen atoms in total. The maximum atomic E-state index is 13.1. The molecule has 0 N–H and O–H groups in total. The first-order valence-corrected chi connectivity index (χ1v) is 18.0. The van der Waals surface area contributed by atoms with Crippen molar-refractivity contribution < 1.29 is 41.8 Å². The summed E-state index contributed by atoms with van der Waals surface area (Å²) in [5.41, 5.74) is 3.25. The highest BCUT2D eigenvalue weighted by Gasteiger charge is 2.35. The van der Waals surface area contributed by atoms with Crippen molar-refractivity contribution >= 4 is 11.8 Å². The molecular weight excluding hydrogens is 694 g/mol. The van der Waals surface area contributed by atoms with Gasteiger partial charge in [-0.15, -0.1) is 0 Å². The molecule has 0 bridgehead atoms. The van der Waals surface area contributed by atoms with Gasteiger partial charge in [0.1, 0.15) is 5.75 Å². The van der Waals surface area contributed by atoms with Gasteiger partial charge in [-0.05, 0) is 80.6 Å². The van der Waals surface area contributed by atoms with Crippen molar-refractivity contribution in [3.05, 3.63) is 107 Å². The van der Waals surface area contributed by atoms with E-state index in [2.05, 4.69) is 15.5 Å². The van der Waals surface area contributed by atoms with E-state index in [1.54, 1.807) is 42.5 Å². The van der Waals surface area contributed by atoms with Crippen molar-refractivity contribution in [1.82, 2.24) is 25.3 Å². The van der Waals surface area contributed by atoms with Crippen LogP contribution >= 0.6 is 0 Å². The number of benzene rings is 2. The van der Waals surface area contributed by atoms with Crippen molar-refractivity contribution in [3.8, 4) is 40.1 Å². The Hall–Kier alpha value is -6.31. The third-order valence-corrected chi connectivity index (χ3v) is 9.38. The summed E-state index contributed by atoms with van der Waals surface area (Å²) in [6, 6.07) is 21.9. The van der Waals surface area contributed by atoms with Crippen LogP contribution in [0.2, 0.25) is 0 Å². The molecule has 0 spiro atoms. The summed E-state index contributed by atoms with van der Waals surface area (Å²) in [7, 11) is 1.64. The highest BCUT2D eigenvalue weighted by atomic mass is 16.7. The van der Waals surface area contributed by atoms with Crippen LogP contribution in [0, 0.1) is 6.92 Å². The molecule has 0 saturated carbocycles.